The maximum Gasteiger partial charge on any atom is 0.335 e. The third-order valence-corrected chi connectivity index (χ3v) is 5.04. The van der Waals surface area contributed by atoms with Gasteiger partial charge < -0.3 is 20.1 Å². The molecule has 1 aromatic rings. The number of rotatable bonds is 11. The van der Waals surface area contributed by atoms with Crippen LogP contribution in [0.5, 0.6) is 0 Å². The van der Waals surface area contributed by atoms with Crippen LogP contribution in [-0.2, 0) is 19.8 Å². The van der Waals surface area contributed by atoms with Crippen LogP contribution in [0.25, 0.3) is 0 Å². The number of anilines is 1. The number of hydrogen-bond acceptors (Lipinski definition) is 7. The summed E-state index contributed by atoms with van der Waals surface area (Å²) in [5.41, 5.74) is 6.28. The Labute approximate surface area is 148 Å². The molecule has 24 heavy (non-hydrogen) atoms. The van der Waals surface area contributed by atoms with Crippen LogP contribution in [0.15, 0.2) is 18.2 Å². The van der Waals surface area contributed by atoms with E-state index in [1.165, 1.54) is 6.07 Å². The second-order valence-electron chi connectivity index (χ2n) is 4.78. The first-order chi connectivity index (χ1) is 11.0. The second-order valence-corrected chi connectivity index (χ2v) is 6.84. The van der Waals surface area contributed by atoms with Crippen molar-refractivity contribution in [3.63, 3.8) is 0 Å². The highest BCUT2D eigenvalue weighted by molar-refractivity contribution is 7.53. The molecule has 0 saturated heterocycles. The number of nitro benzene ring substituents is 1. The van der Waals surface area contributed by atoms with Crippen LogP contribution in [0, 0.1) is 10.1 Å². The number of benzene rings is 1. The molecule has 0 fully saturated rings. The Kier molecular flexibility index (Phi) is 10.8. The van der Waals surface area contributed by atoms with E-state index in [0.717, 1.165) is 0 Å². The zero-order valence-corrected chi connectivity index (χ0v) is 15.6. The first-order valence-corrected chi connectivity index (χ1v) is 9.28. The van der Waals surface area contributed by atoms with Crippen LogP contribution < -0.4 is 11.1 Å². The van der Waals surface area contributed by atoms with Gasteiger partial charge in [-0.25, -0.2) is 0 Å². The van der Waals surface area contributed by atoms with E-state index in [4.69, 9.17) is 14.8 Å². The highest BCUT2D eigenvalue weighted by Gasteiger charge is 2.25. The second kappa shape index (κ2) is 11.4. The van der Waals surface area contributed by atoms with E-state index >= 15 is 0 Å². The lowest BCUT2D eigenvalue weighted by Gasteiger charge is -2.17. The SMILES string of the molecule is CCOP(=O)(Cc1ccc(NCCCN)c([N+](=O)[O-])c1)OCC.Cl. The average Bonchev–Trinajstić information content (AvgIpc) is 2.49. The normalized spacial score (nSPS) is 11.0. The lowest BCUT2D eigenvalue weighted by Crippen LogP contribution is -2.10. The van der Waals surface area contributed by atoms with Crippen LogP contribution in [-0.4, -0.2) is 31.2 Å². The standard InChI is InChI=1S/C14H24N3O5P.ClH/c1-3-21-23(20,22-4-2)11-12-6-7-13(16-9-5-8-15)14(10-12)17(18)19;/h6-7,10,16H,3-5,8-9,11,15H2,1-2H3;1H. The van der Waals surface area contributed by atoms with Crippen molar-refractivity contribution in [3.8, 4) is 0 Å². The molecule has 0 spiro atoms. The van der Waals surface area contributed by atoms with E-state index in [-0.39, 0.29) is 37.5 Å². The van der Waals surface area contributed by atoms with Gasteiger partial charge in [-0.15, -0.1) is 12.4 Å². The smallest absolute Gasteiger partial charge is 0.335 e. The lowest BCUT2D eigenvalue weighted by atomic mass is 10.2. The van der Waals surface area contributed by atoms with E-state index in [2.05, 4.69) is 5.32 Å². The average molecular weight is 382 g/mol. The summed E-state index contributed by atoms with van der Waals surface area (Å²) in [6.07, 6.45) is 0.710. The highest BCUT2D eigenvalue weighted by Crippen LogP contribution is 2.51. The van der Waals surface area contributed by atoms with E-state index in [0.29, 0.717) is 30.8 Å². The third kappa shape index (κ3) is 7.15. The molecule has 0 aliphatic rings. The van der Waals surface area contributed by atoms with E-state index in [1.807, 2.05) is 0 Å². The number of hydrogen-bond donors (Lipinski definition) is 2. The fourth-order valence-corrected chi connectivity index (χ4v) is 3.73. The molecule has 0 radical (unpaired) electrons. The van der Waals surface area contributed by atoms with Crippen LogP contribution in [0.3, 0.4) is 0 Å². The number of nitro groups is 1. The molecule has 0 amide bonds. The largest absolute Gasteiger partial charge is 0.379 e. The molecule has 3 N–H and O–H groups in total. The van der Waals surface area contributed by atoms with Crippen molar-refractivity contribution >= 4 is 31.4 Å². The topological polar surface area (TPSA) is 117 Å². The summed E-state index contributed by atoms with van der Waals surface area (Å²) >= 11 is 0. The van der Waals surface area contributed by atoms with Gasteiger partial charge in [0.05, 0.1) is 24.3 Å². The van der Waals surface area contributed by atoms with Gasteiger partial charge in [0.2, 0.25) is 0 Å². The quantitative estimate of drug-likeness (QED) is 0.260. The molecule has 0 heterocycles. The summed E-state index contributed by atoms with van der Waals surface area (Å²) in [6, 6.07) is 4.68. The van der Waals surface area contributed by atoms with Gasteiger partial charge in [0.25, 0.3) is 5.69 Å². The van der Waals surface area contributed by atoms with Crippen molar-refractivity contribution in [1.82, 2.24) is 0 Å². The van der Waals surface area contributed by atoms with Gasteiger partial charge >= 0.3 is 7.60 Å². The molecule has 0 bridgehead atoms. The monoisotopic (exact) mass is 381 g/mol. The van der Waals surface area contributed by atoms with Crippen LogP contribution in [0.2, 0.25) is 0 Å². The van der Waals surface area contributed by atoms with Crippen LogP contribution in [0.4, 0.5) is 11.4 Å². The summed E-state index contributed by atoms with van der Waals surface area (Å²) < 4.78 is 23.0. The predicted molar refractivity (Wildman–Crippen MR) is 97.1 cm³/mol. The number of nitrogens with zero attached hydrogens (tertiary/aromatic N) is 1. The van der Waals surface area contributed by atoms with Gasteiger partial charge in [0, 0.05) is 12.6 Å². The lowest BCUT2D eigenvalue weighted by molar-refractivity contribution is -0.384. The zero-order chi connectivity index (χ0) is 17.3. The maximum atomic E-state index is 12.5. The van der Waals surface area contributed by atoms with E-state index in [9.17, 15) is 14.7 Å². The van der Waals surface area contributed by atoms with Gasteiger partial charge in [-0.2, -0.15) is 0 Å². The molecule has 0 aliphatic heterocycles. The Morgan fingerprint density at radius 2 is 1.92 bits per heavy atom. The van der Waals surface area contributed by atoms with E-state index in [1.54, 1.807) is 26.0 Å². The fourth-order valence-electron chi connectivity index (χ4n) is 2.05. The van der Waals surface area contributed by atoms with Gasteiger partial charge in [-0.05, 0) is 38.4 Å². The molecule has 0 unspecified atom stereocenters. The molecule has 1 rings (SSSR count). The molecule has 138 valence electrons. The molecule has 1 aromatic carbocycles. The van der Waals surface area contributed by atoms with Crippen molar-refractivity contribution in [2.75, 3.05) is 31.6 Å². The van der Waals surface area contributed by atoms with Crippen molar-refractivity contribution in [3.05, 3.63) is 33.9 Å². The Hall–Kier alpha value is -1.18. The van der Waals surface area contributed by atoms with Crippen molar-refractivity contribution in [1.29, 1.82) is 0 Å². The minimum atomic E-state index is -3.29. The minimum Gasteiger partial charge on any atom is -0.379 e. The molecular formula is C14H25ClN3O5P. The molecule has 0 aliphatic carbocycles. The Morgan fingerprint density at radius 1 is 1.29 bits per heavy atom. The summed E-state index contributed by atoms with van der Waals surface area (Å²) in [7, 11) is -3.29. The third-order valence-electron chi connectivity index (χ3n) is 2.98. The summed E-state index contributed by atoms with van der Waals surface area (Å²) in [5.74, 6) is 0. The molecule has 0 saturated carbocycles. The molecule has 8 nitrogen and oxygen atoms in total. The maximum absolute atomic E-state index is 12.5. The van der Waals surface area contributed by atoms with Crippen molar-refractivity contribution in [2.24, 2.45) is 5.73 Å². The predicted octanol–water partition coefficient (Wildman–Crippen LogP) is 3.54. The fraction of sp³-hybridized carbons (Fsp3) is 0.571. The number of halogens is 1. The zero-order valence-electron chi connectivity index (χ0n) is 13.9. The van der Waals surface area contributed by atoms with E-state index < -0.39 is 12.5 Å². The summed E-state index contributed by atoms with van der Waals surface area (Å²) in [5, 5.41) is 14.2. The summed E-state index contributed by atoms with van der Waals surface area (Å²) in [4.78, 5) is 10.8. The molecule has 10 heteroatoms. The van der Waals surface area contributed by atoms with Gasteiger partial charge in [-0.3, -0.25) is 14.7 Å². The highest BCUT2D eigenvalue weighted by atomic mass is 35.5. The van der Waals surface area contributed by atoms with Crippen LogP contribution in [0.1, 0.15) is 25.8 Å². The molecule has 0 aromatic heterocycles. The summed E-state index contributed by atoms with van der Waals surface area (Å²) in [6.45, 7) is 4.99. The molecular weight excluding hydrogens is 357 g/mol. The molecule has 0 atom stereocenters. The minimum absolute atomic E-state index is 0. The van der Waals surface area contributed by atoms with Crippen molar-refractivity contribution < 1.29 is 18.5 Å². The Bertz CT molecular complexity index is 563. The number of nitrogens with one attached hydrogen (secondary N) is 1. The Morgan fingerprint density at radius 3 is 2.42 bits per heavy atom. The Balaban J connectivity index is 0.00000529. The van der Waals surface area contributed by atoms with Gasteiger partial charge in [0.15, 0.2) is 0 Å². The van der Waals surface area contributed by atoms with Crippen LogP contribution >= 0.6 is 20.0 Å². The van der Waals surface area contributed by atoms with Gasteiger partial charge in [0.1, 0.15) is 5.69 Å². The first kappa shape index (κ1) is 22.8. The number of nitrogens with two attached hydrogens (primary N) is 1. The first-order valence-electron chi connectivity index (χ1n) is 7.55. The van der Waals surface area contributed by atoms with Gasteiger partial charge in [-0.1, -0.05) is 6.07 Å². The van der Waals surface area contributed by atoms with Crippen molar-refractivity contribution in [2.45, 2.75) is 26.4 Å².